The second-order valence-electron chi connectivity index (χ2n) is 8.22. The number of carbonyl (C=O) groups is 2. The first-order valence-electron chi connectivity index (χ1n) is 11.0. The fourth-order valence-corrected chi connectivity index (χ4v) is 4.49. The molecule has 1 aromatic rings. The van der Waals surface area contributed by atoms with E-state index in [-0.39, 0.29) is 17.8 Å². The molecule has 0 unspecified atom stereocenters. The van der Waals surface area contributed by atoms with Crippen LogP contribution in [0.5, 0.6) is 0 Å². The van der Waals surface area contributed by atoms with Gasteiger partial charge < -0.3 is 14.5 Å². The van der Waals surface area contributed by atoms with E-state index in [9.17, 15) is 9.59 Å². The number of piperidine rings is 2. The Morgan fingerprint density at radius 1 is 0.964 bits per heavy atom. The molecule has 0 atom stereocenters. The highest BCUT2D eigenvalue weighted by molar-refractivity contribution is 5.79. The predicted molar refractivity (Wildman–Crippen MR) is 109 cm³/mol. The molecule has 5 heteroatoms. The van der Waals surface area contributed by atoms with E-state index in [4.69, 9.17) is 4.74 Å². The molecule has 2 heterocycles. The lowest BCUT2D eigenvalue weighted by Crippen LogP contribution is -3.11. The number of aryl methyl sites for hydroxylation is 1. The SMILES string of the molecule is CCOC(=O)C1CCN(C(=O)C2CC[NH+](Cc3ccc(CC)cc3)CC2)CC1. The van der Waals surface area contributed by atoms with Crippen LogP contribution in [0, 0.1) is 11.8 Å². The number of likely N-dealkylation sites (tertiary alicyclic amines) is 2. The Labute approximate surface area is 169 Å². The monoisotopic (exact) mass is 387 g/mol. The second kappa shape index (κ2) is 10.1. The molecule has 2 aliphatic rings. The summed E-state index contributed by atoms with van der Waals surface area (Å²) in [5.74, 6) is 0.326. The standard InChI is InChI=1S/C23H34N2O3/c1-3-18-5-7-19(8-6-18)17-24-13-9-20(10-14-24)22(26)25-15-11-21(12-16-25)23(27)28-4-2/h5-8,20-21H,3-4,9-17H2,1-2H3/p+1. The van der Waals surface area contributed by atoms with Crippen molar-refractivity contribution in [1.82, 2.24) is 4.90 Å². The number of benzene rings is 1. The molecule has 0 bridgehead atoms. The van der Waals surface area contributed by atoms with E-state index in [1.807, 2.05) is 11.8 Å². The number of rotatable bonds is 6. The van der Waals surface area contributed by atoms with Gasteiger partial charge in [0.2, 0.25) is 5.91 Å². The van der Waals surface area contributed by atoms with Crippen LogP contribution < -0.4 is 4.90 Å². The van der Waals surface area contributed by atoms with Gasteiger partial charge in [0.05, 0.1) is 25.6 Å². The average Bonchev–Trinajstić information content (AvgIpc) is 2.74. The Kier molecular flexibility index (Phi) is 7.49. The number of carbonyl (C=O) groups excluding carboxylic acids is 2. The molecule has 0 aliphatic carbocycles. The summed E-state index contributed by atoms with van der Waals surface area (Å²) < 4.78 is 5.12. The van der Waals surface area contributed by atoms with Crippen molar-refractivity contribution in [3.05, 3.63) is 35.4 Å². The number of nitrogens with one attached hydrogen (secondary N) is 1. The fraction of sp³-hybridized carbons (Fsp3) is 0.652. The third-order valence-corrected chi connectivity index (χ3v) is 6.35. The molecule has 1 amide bonds. The zero-order valence-electron chi connectivity index (χ0n) is 17.4. The zero-order valence-corrected chi connectivity index (χ0v) is 17.4. The first kappa shape index (κ1) is 20.8. The maximum absolute atomic E-state index is 12.9. The Morgan fingerprint density at radius 3 is 2.14 bits per heavy atom. The minimum absolute atomic E-state index is 0.0330. The van der Waals surface area contributed by atoms with Crippen LogP contribution in [0.4, 0.5) is 0 Å². The zero-order chi connectivity index (χ0) is 19.9. The second-order valence-corrected chi connectivity index (χ2v) is 8.22. The van der Waals surface area contributed by atoms with Gasteiger partial charge in [-0.1, -0.05) is 31.2 Å². The van der Waals surface area contributed by atoms with Crippen LogP contribution in [-0.2, 0) is 27.3 Å². The predicted octanol–water partition coefficient (Wildman–Crippen LogP) is 1.85. The van der Waals surface area contributed by atoms with E-state index >= 15 is 0 Å². The van der Waals surface area contributed by atoms with Crippen LogP contribution in [-0.4, -0.2) is 49.6 Å². The highest BCUT2D eigenvalue weighted by atomic mass is 16.5. The van der Waals surface area contributed by atoms with Gasteiger partial charge in [-0.2, -0.15) is 0 Å². The lowest BCUT2D eigenvalue weighted by molar-refractivity contribution is -0.919. The molecule has 28 heavy (non-hydrogen) atoms. The molecule has 1 aromatic carbocycles. The van der Waals surface area contributed by atoms with Crippen molar-refractivity contribution in [2.24, 2.45) is 11.8 Å². The number of amides is 1. The molecule has 0 radical (unpaired) electrons. The van der Waals surface area contributed by atoms with Crippen LogP contribution in [0.25, 0.3) is 0 Å². The molecule has 2 fully saturated rings. The van der Waals surface area contributed by atoms with E-state index in [1.54, 1.807) is 4.90 Å². The molecule has 5 nitrogen and oxygen atoms in total. The molecule has 2 saturated heterocycles. The van der Waals surface area contributed by atoms with Crippen molar-refractivity contribution >= 4 is 11.9 Å². The first-order chi connectivity index (χ1) is 13.6. The van der Waals surface area contributed by atoms with Crippen LogP contribution in [0.1, 0.15) is 50.7 Å². The van der Waals surface area contributed by atoms with Gasteiger partial charge in [-0.3, -0.25) is 9.59 Å². The van der Waals surface area contributed by atoms with Gasteiger partial charge in [0.1, 0.15) is 6.54 Å². The summed E-state index contributed by atoms with van der Waals surface area (Å²) in [6.07, 6.45) is 4.50. The summed E-state index contributed by atoms with van der Waals surface area (Å²) in [5, 5.41) is 0. The van der Waals surface area contributed by atoms with Gasteiger partial charge >= 0.3 is 5.97 Å². The van der Waals surface area contributed by atoms with Gasteiger partial charge in [-0.25, -0.2) is 0 Å². The molecule has 0 spiro atoms. The van der Waals surface area contributed by atoms with Crippen molar-refractivity contribution in [1.29, 1.82) is 0 Å². The van der Waals surface area contributed by atoms with Gasteiger partial charge in [-0.15, -0.1) is 0 Å². The normalized spacial score (nSPS) is 23.4. The maximum atomic E-state index is 12.9. The number of quaternary nitrogens is 1. The quantitative estimate of drug-likeness (QED) is 0.758. The Balaban J connectivity index is 1.42. The number of hydrogen-bond donors (Lipinski definition) is 1. The van der Waals surface area contributed by atoms with Crippen LogP contribution in [0.3, 0.4) is 0 Å². The van der Waals surface area contributed by atoms with Crippen LogP contribution in [0.15, 0.2) is 24.3 Å². The lowest BCUT2D eigenvalue weighted by atomic mass is 9.92. The number of hydrogen-bond acceptors (Lipinski definition) is 3. The van der Waals surface area contributed by atoms with Crippen molar-refractivity contribution in [2.45, 2.75) is 52.5 Å². The summed E-state index contributed by atoms with van der Waals surface area (Å²) in [5.41, 5.74) is 2.77. The van der Waals surface area contributed by atoms with Gasteiger partial charge in [0.25, 0.3) is 0 Å². The highest BCUT2D eigenvalue weighted by Crippen LogP contribution is 2.22. The number of ether oxygens (including phenoxy) is 1. The molecular formula is C23H35N2O3+. The largest absolute Gasteiger partial charge is 0.466 e. The van der Waals surface area contributed by atoms with Crippen molar-refractivity contribution in [3.8, 4) is 0 Å². The van der Waals surface area contributed by atoms with Crippen molar-refractivity contribution in [2.75, 3.05) is 32.8 Å². The van der Waals surface area contributed by atoms with Gasteiger partial charge in [0, 0.05) is 37.4 Å². The first-order valence-corrected chi connectivity index (χ1v) is 11.0. The minimum Gasteiger partial charge on any atom is -0.466 e. The van der Waals surface area contributed by atoms with Gasteiger partial charge in [-0.05, 0) is 31.7 Å². The summed E-state index contributed by atoms with van der Waals surface area (Å²) in [4.78, 5) is 28.3. The third-order valence-electron chi connectivity index (χ3n) is 6.35. The Morgan fingerprint density at radius 2 is 1.57 bits per heavy atom. The van der Waals surface area contributed by atoms with E-state index in [1.165, 1.54) is 11.1 Å². The maximum Gasteiger partial charge on any atom is 0.309 e. The molecule has 2 aliphatic heterocycles. The molecule has 1 N–H and O–H groups in total. The smallest absolute Gasteiger partial charge is 0.309 e. The summed E-state index contributed by atoms with van der Waals surface area (Å²) >= 11 is 0. The fourth-order valence-electron chi connectivity index (χ4n) is 4.49. The minimum atomic E-state index is -0.0986. The van der Waals surface area contributed by atoms with Crippen LogP contribution >= 0.6 is 0 Å². The summed E-state index contributed by atoms with van der Waals surface area (Å²) in [6, 6.07) is 8.95. The highest BCUT2D eigenvalue weighted by Gasteiger charge is 2.34. The molecule has 0 aromatic heterocycles. The van der Waals surface area contributed by atoms with Gasteiger partial charge in [0.15, 0.2) is 0 Å². The van der Waals surface area contributed by atoms with E-state index in [2.05, 4.69) is 31.2 Å². The molecular weight excluding hydrogens is 352 g/mol. The summed E-state index contributed by atoms with van der Waals surface area (Å²) in [7, 11) is 0. The van der Waals surface area contributed by atoms with E-state index in [0.717, 1.165) is 51.7 Å². The van der Waals surface area contributed by atoms with Crippen LogP contribution in [0.2, 0.25) is 0 Å². The summed E-state index contributed by atoms with van der Waals surface area (Å²) in [6.45, 7) is 9.01. The van der Waals surface area contributed by atoms with Crippen molar-refractivity contribution < 1.29 is 19.2 Å². The topological polar surface area (TPSA) is 51.0 Å². The average molecular weight is 388 g/mol. The molecule has 0 saturated carbocycles. The number of nitrogens with zero attached hydrogens (tertiary/aromatic N) is 1. The van der Waals surface area contributed by atoms with E-state index < -0.39 is 0 Å². The Bertz CT molecular complexity index is 642. The molecule has 3 rings (SSSR count). The number of esters is 1. The third kappa shape index (κ3) is 5.34. The lowest BCUT2D eigenvalue weighted by Gasteiger charge is -2.35. The Hall–Kier alpha value is -1.88. The van der Waals surface area contributed by atoms with Crippen molar-refractivity contribution in [3.63, 3.8) is 0 Å². The molecule has 154 valence electrons. The van der Waals surface area contributed by atoms with E-state index in [0.29, 0.717) is 25.6 Å².